The van der Waals surface area contributed by atoms with Gasteiger partial charge in [-0.15, -0.1) is 0 Å². The van der Waals surface area contributed by atoms with Crippen LogP contribution in [0.2, 0.25) is 0 Å². The number of carboxylic acid groups (broad SMARTS) is 1. The third-order valence-corrected chi connectivity index (χ3v) is 6.74. The van der Waals surface area contributed by atoms with Gasteiger partial charge < -0.3 is 19.8 Å². The molecule has 200 valence electrons. The first-order chi connectivity index (χ1) is 18.0. The average molecular weight is 509 g/mol. The zero-order valence-corrected chi connectivity index (χ0v) is 22.1. The van der Waals surface area contributed by atoms with Crippen LogP contribution in [0.25, 0.3) is 0 Å². The molecule has 0 spiro atoms. The smallest absolute Gasteiger partial charge is 0.329 e. The fourth-order valence-corrected chi connectivity index (χ4v) is 4.66. The Labute approximate surface area is 220 Å². The van der Waals surface area contributed by atoms with Gasteiger partial charge in [0, 0.05) is 26.2 Å². The summed E-state index contributed by atoms with van der Waals surface area (Å²) in [5, 5.41) is 10.1. The van der Waals surface area contributed by atoms with Crippen molar-refractivity contribution in [3.63, 3.8) is 0 Å². The molecule has 1 saturated heterocycles. The molecular weight excluding hydrogens is 468 g/mol. The maximum Gasteiger partial charge on any atom is 0.329 e. The highest BCUT2D eigenvalue weighted by atomic mass is 16.4. The van der Waals surface area contributed by atoms with Gasteiger partial charge in [-0.2, -0.15) is 0 Å². The molecule has 8 heteroatoms. The highest BCUT2D eigenvalue weighted by Gasteiger charge is 2.40. The monoisotopic (exact) mass is 508 g/mol. The lowest BCUT2D eigenvalue weighted by atomic mass is 10.1. The molecule has 2 aromatic carbocycles. The molecule has 37 heavy (non-hydrogen) atoms. The zero-order chi connectivity index (χ0) is 26.6. The highest BCUT2D eigenvalue weighted by molar-refractivity contribution is 6.01. The quantitative estimate of drug-likeness (QED) is 0.388. The normalized spacial score (nSPS) is 15.4. The molecule has 1 aliphatic rings. The number of carbonyl (C=O) groups is 3. The largest absolute Gasteiger partial charge is 0.480 e. The molecule has 1 aliphatic heterocycles. The number of nitrogens with zero attached hydrogens (tertiary/aromatic N) is 4. The van der Waals surface area contributed by atoms with Gasteiger partial charge in [0.05, 0.1) is 17.9 Å². The van der Waals surface area contributed by atoms with Crippen molar-refractivity contribution in [3.8, 4) is 0 Å². The molecule has 0 radical (unpaired) electrons. The van der Waals surface area contributed by atoms with Crippen molar-refractivity contribution in [2.75, 3.05) is 37.6 Å². The van der Waals surface area contributed by atoms with Gasteiger partial charge in [-0.1, -0.05) is 75.9 Å². The molecule has 1 atom stereocenters. The van der Waals surface area contributed by atoms with Crippen LogP contribution in [0.1, 0.15) is 52.4 Å². The van der Waals surface area contributed by atoms with E-state index in [0.717, 1.165) is 38.5 Å². The van der Waals surface area contributed by atoms with E-state index in [2.05, 4.69) is 13.8 Å². The van der Waals surface area contributed by atoms with Crippen LogP contribution in [0.3, 0.4) is 0 Å². The fraction of sp³-hybridized carbons (Fsp3) is 0.483. The maximum atomic E-state index is 13.8. The minimum atomic E-state index is -1.13. The van der Waals surface area contributed by atoms with E-state index >= 15 is 0 Å². The molecule has 0 aromatic heterocycles. The number of carboxylic acids is 1. The summed E-state index contributed by atoms with van der Waals surface area (Å²) in [4.78, 5) is 46.0. The Morgan fingerprint density at radius 3 is 1.76 bits per heavy atom. The van der Waals surface area contributed by atoms with E-state index in [4.69, 9.17) is 0 Å². The molecule has 4 amide bonds. The number of hydrogen-bond donors (Lipinski definition) is 1. The van der Waals surface area contributed by atoms with Crippen molar-refractivity contribution in [2.45, 2.75) is 58.4 Å². The number of urea groups is 2. The molecule has 8 nitrogen and oxygen atoms in total. The second-order valence-corrected chi connectivity index (χ2v) is 9.47. The number of carbonyl (C=O) groups excluding carboxylic acids is 2. The summed E-state index contributed by atoms with van der Waals surface area (Å²) in [5.41, 5.74) is 1.30. The van der Waals surface area contributed by atoms with Crippen molar-refractivity contribution >= 4 is 29.4 Å². The van der Waals surface area contributed by atoms with Gasteiger partial charge in [-0.25, -0.2) is 14.4 Å². The number of benzene rings is 2. The molecule has 0 saturated carbocycles. The Morgan fingerprint density at radius 2 is 1.30 bits per heavy atom. The summed E-state index contributed by atoms with van der Waals surface area (Å²) in [7, 11) is 0. The number of anilines is 2. The number of hydrogen-bond acceptors (Lipinski definition) is 3. The Morgan fingerprint density at radius 1 is 0.784 bits per heavy atom. The van der Waals surface area contributed by atoms with Crippen LogP contribution in [0.4, 0.5) is 21.0 Å². The third-order valence-electron chi connectivity index (χ3n) is 6.74. The second-order valence-electron chi connectivity index (χ2n) is 9.47. The number of unbranched alkanes of at least 4 members (excludes halogenated alkanes) is 4. The molecule has 2 aromatic rings. The van der Waals surface area contributed by atoms with Gasteiger partial charge in [0.15, 0.2) is 0 Å². The number of amides is 4. The van der Waals surface area contributed by atoms with Crippen LogP contribution in [0.5, 0.6) is 0 Å². The number of aliphatic carboxylic acids is 1. The Balaban J connectivity index is 1.80. The van der Waals surface area contributed by atoms with E-state index in [1.54, 1.807) is 4.90 Å². The Hall–Kier alpha value is -3.55. The Bertz CT molecular complexity index is 952. The molecule has 1 N–H and O–H groups in total. The summed E-state index contributed by atoms with van der Waals surface area (Å²) in [6.07, 6.45) is 6.09. The molecule has 1 fully saturated rings. The number of rotatable bonds is 11. The van der Waals surface area contributed by atoms with E-state index < -0.39 is 18.0 Å². The van der Waals surface area contributed by atoms with Gasteiger partial charge in [0.2, 0.25) is 0 Å². The predicted octanol–water partition coefficient (Wildman–Crippen LogP) is 5.82. The zero-order valence-electron chi connectivity index (χ0n) is 22.1. The van der Waals surface area contributed by atoms with Crippen LogP contribution in [0, 0.1) is 0 Å². The highest BCUT2D eigenvalue weighted by Crippen LogP contribution is 2.28. The van der Waals surface area contributed by atoms with Gasteiger partial charge in [-0.3, -0.25) is 4.90 Å². The second kappa shape index (κ2) is 14.3. The summed E-state index contributed by atoms with van der Waals surface area (Å²) < 4.78 is 0. The van der Waals surface area contributed by atoms with Crippen molar-refractivity contribution in [2.24, 2.45) is 0 Å². The predicted molar refractivity (Wildman–Crippen MR) is 146 cm³/mol. The first kappa shape index (κ1) is 28.0. The summed E-state index contributed by atoms with van der Waals surface area (Å²) in [6, 6.07) is 16.7. The molecule has 1 heterocycles. The van der Waals surface area contributed by atoms with Gasteiger partial charge in [-0.05, 0) is 37.1 Å². The Kier molecular flexibility index (Phi) is 10.8. The average Bonchev–Trinajstić information content (AvgIpc) is 2.93. The SMILES string of the molecule is CCCCCN(CCCCC)C(=O)N1CCN(C(=O)N(c2ccccc2)c2ccccc2)[C@@H](C(=O)O)C1. The lowest BCUT2D eigenvalue weighted by Gasteiger charge is -2.42. The van der Waals surface area contributed by atoms with Crippen LogP contribution < -0.4 is 4.90 Å². The van der Waals surface area contributed by atoms with Crippen molar-refractivity contribution in [1.29, 1.82) is 0 Å². The maximum absolute atomic E-state index is 13.8. The number of para-hydroxylation sites is 2. The summed E-state index contributed by atoms with van der Waals surface area (Å²) >= 11 is 0. The van der Waals surface area contributed by atoms with E-state index in [1.807, 2.05) is 65.6 Å². The molecule has 3 rings (SSSR count). The van der Waals surface area contributed by atoms with Crippen molar-refractivity contribution in [3.05, 3.63) is 60.7 Å². The van der Waals surface area contributed by atoms with Crippen LogP contribution in [0.15, 0.2) is 60.7 Å². The topological polar surface area (TPSA) is 84.4 Å². The van der Waals surface area contributed by atoms with Crippen molar-refractivity contribution in [1.82, 2.24) is 14.7 Å². The molecular formula is C29H40N4O4. The first-order valence-corrected chi connectivity index (χ1v) is 13.4. The molecule has 0 aliphatic carbocycles. The standard InChI is InChI=1S/C29H40N4O4/c1-3-5-13-19-30(20-14-6-4-2)28(36)31-21-22-32(26(23-31)27(34)35)29(37)33(24-15-9-7-10-16-24)25-17-11-8-12-18-25/h7-12,15-18,26H,3-6,13-14,19-23H2,1-2H3,(H,34,35)/t26-/m1/s1. The third kappa shape index (κ3) is 7.47. The van der Waals surface area contributed by atoms with Crippen LogP contribution >= 0.6 is 0 Å². The van der Waals surface area contributed by atoms with Gasteiger partial charge in [0.25, 0.3) is 0 Å². The van der Waals surface area contributed by atoms with E-state index in [0.29, 0.717) is 31.0 Å². The van der Waals surface area contributed by atoms with E-state index in [1.165, 1.54) is 9.80 Å². The molecule has 0 bridgehead atoms. The first-order valence-electron chi connectivity index (χ1n) is 13.4. The summed E-state index contributed by atoms with van der Waals surface area (Å²) in [5.74, 6) is -1.12. The van der Waals surface area contributed by atoms with E-state index in [-0.39, 0.29) is 19.1 Å². The number of piperazine rings is 1. The summed E-state index contributed by atoms with van der Waals surface area (Å²) in [6.45, 7) is 6.01. The fourth-order valence-electron chi connectivity index (χ4n) is 4.66. The molecule has 0 unspecified atom stereocenters. The van der Waals surface area contributed by atoms with Crippen LogP contribution in [-0.4, -0.2) is 76.6 Å². The van der Waals surface area contributed by atoms with Gasteiger partial charge >= 0.3 is 18.0 Å². The van der Waals surface area contributed by atoms with Crippen LogP contribution in [-0.2, 0) is 4.79 Å². The van der Waals surface area contributed by atoms with E-state index in [9.17, 15) is 19.5 Å². The van der Waals surface area contributed by atoms with Gasteiger partial charge in [0.1, 0.15) is 6.04 Å². The minimum Gasteiger partial charge on any atom is -0.480 e. The lowest BCUT2D eigenvalue weighted by molar-refractivity contribution is -0.143. The minimum absolute atomic E-state index is 0.0324. The van der Waals surface area contributed by atoms with Crippen molar-refractivity contribution < 1.29 is 19.5 Å². The lowest BCUT2D eigenvalue weighted by Crippen LogP contribution is -2.62.